The van der Waals surface area contributed by atoms with Crippen molar-refractivity contribution in [1.82, 2.24) is 10.6 Å². The predicted octanol–water partition coefficient (Wildman–Crippen LogP) is 2.04. The van der Waals surface area contributed by atoms with Crippen molar-refractivity contribution in [2.45, 2.75) is 64.0 Å². The smallest absolute Gasteiger partial charge is 0.315 e. The van der Waals surface area contributed by atoms with E-state index in [1.54, 1.807) is 0 Å². The summed E-state index contributed by atoms with van der Waals surface area (Å²) in [7, 11) is 0. The fourth-order valence-electron chi connectivity index (χ4n) is 3.20. The van der Waals surface area contributed by atoms with Gasteiger partial charge in [0, 0.05) is 6.54 Å². The van der Waals surface area contributed by atoms with E-state index in [0.29, 0.717) is 31.1 Å². The van der Waals surface area contributed by atoms with Crippen LogP contribution in [0.2, 0.25) is 0 Å². The number of aliphatic hydroxyl groups excluding tert-OH is 1. The highest BCUT2D eigenvalue weighted by Crippen LogP contribution is 2.39. The molecule has 2 fully saturated rings. The van der Waals surface area contributed by atoms with Gasteiger partial charge in [-0.05, 0) is 44.4 Å². The number of nitrogens with one attached hydrogen (secondary N) is 2. The van der Waals surface area contributed by atoms with Gasteiger partial charge in [-0.25, -0.2) is 4.79 Å². The molecular weight excluding hydrogens is 268 g/mol. The van der Waals surface area contributed by atoms with E-state index in [-0.39, 0.29) is 12.6 Å². The normalized spacial score (nSPS) is 28.7. The maximum absolute atomic E-state index is 11.9. The average molecular weight is 298 g/mol. The molecule has 0 bridgehead atoms. The third-order valence-electron chi connectivity index (χ3n) is 4.96. The van der Waals surface area contributed by atoms with E-state index >= 15 is 0 Å². The lowest BCUT2D eigenvalue weighted by atomic mass is 9.88. The Hall–Kier alpha value is -0.810. The minimum absolute atomic E-state index is 0.0127. The zero-order chi connectivity index (χ0) is 15.3. The monoisotopic (exact) mass is 298 g/mol. The van der Waals surface area contributed by atoms with Crippen LogP contribution in [-0.2, 0) is 4.74 Å². The molecule has 3 atom stereocenters. The molecule has 2 amide bonds. The summed E-state index contributed by atoms with van der Waals surface area (Å²) in [6, 6.07) is -0.209. The van der Waals surface area contributed by atoms with E-state index in [2.05, 4.69) is 17.6 Å². The fraction of sp³-hybridized carbons (Fsp3) is 0.938. The third-order valence-corrected chi connectivity index (χ3v) is 4.96. The van der Waals surface area contributed by atoms with Gasteiger partial charge in [-0.3, -0.25) is 0 Å². The number of rotatable bonds is 7. The van der Waals surface area contributed by atoms with E-state index in [1.165, 1.54) is 19.3 Å². The Morgan fingerprint density at radius 1 is 1.29 bits per heavy atom. The molecular formula is C16H30N2O3. The summed E-state index contributed by atoms with van der Waals surface area (Å²) in [4.78, 5) is 11.9. The maximum atomic E-state index is 11.9. The van der Waals surface area contributed by atoms with E-state index in [0.717, 1.165) is 19.3 Å². The molecule has 5 heteroatoms. The highest BCUT2D eigenvalue weighted by Gasteiger charge is 2.42. The number of amides is 2. The van der Waals surface area contributed by atoms with Crippen molar-refractivity contribution in [2.75, 3.05) is 19.8 Å². The van der Waals surface area contributed by atoms with Gasteiger partial charge in [-0.2, -0.15) is 0 Å². The SMILES string of the molecule is C[C@@H]1CCCC[C@@H]1OCCNC(=O)N[C@](C)(CO)C1CC1. The summed E-state index contributed by atoms with van der Waals surface area (Å²) in [5.74, 6) is 1.03. The minimum atomic E-state index is -0.483. The first-order valence-electron chi connectivity index (χ1n) is 8.33. The standard InChI is InChI=1S/C16H30N2O3/c1-12-5-3-4-6-14(12)21-10-9-17-15(20)18-16(2,11-19)13-7-8-13/h12-14,19H,3-11H2,1-2H3,(H2,17,18,20)/t12-,14+,16-/m1/s1. The molecule has 2 saturated carbocycles. The van der Waals surface area contributed by atoms with Gasteiger partial charge in [0.1, 0.15) is 0 Å². The summed E-state index contributed by atoms with van der Waals surface area (Å²) in [6.07, 6.45) is 7.45. The first-order chi connectivity index (χ1) is 10.0. The van der Waals surface area contributed by atoms with Crippen LogP contribution in [0.4, 0.5) is 4.79 Å². The van der Waals surface area contributed by atoms with Crippen LogP contribution in [0.1, 0.15) is 52.4 Å². The number of hydrogen-bond donors (Lipinski definition) is 3. The lowest BCUT2D eigenvalue weighted by molar-refractivity contribution is -0.00253. The second-order valence-electron chi connectivity index (χ2n) is 6.90. The van der Waals surface area contributed by atoms with Crippen molar-refractivity contribution < 1.29 is 14.6 Å². The second kappa shape index (κ2) is 7.45. The summed E-state index contributed by atoms with van der Waals surface area (Å²) < 4.78 is 5.87. The Kier molecular flexibility index (Phi) is 5.88. The number of hydrogen-bond acceptors (Lipinski definition) is 3. The summed E-state index contributed by atoms with van der Waals surface area (Å²) >= 11 is 0. The predicted molar refractivity (Wildman–Crippen MR) is 82.1 cm³/mol. The first-order valence-corrected chi connectivity index (χ1v) is 8.33. The zero-order valence-corrected chi connectivity index (χ0v) is 13.4. The van der Waals surface area contributed by atoms with Crippen molar-refractivity contribution in [2.24, 2.45) is 11.8 Å². The maximum Gasteiger partial charge on any atom is 0.315 e. The summed E-state index contributed by atoms with van der Waals surface area (Å²) in [5.41, 5.74) is -0.483. The van der Waals surface area contributed by atoms with Crippen LogP contribution in [0.3, 0.4) is 0 Å². The molecule has 0 saturated heterocycles. The van der Waals surface area contributed by atoms with Gasteiger partial charge in [0.2, 0.25) is 0 Å². The Balaban J connectivity index is 1.60. The van der Waals surface area contributed by atoms with Crippen LogP contribution in [0, 0.1) is 11.8 Å². The molecule has 122 valence electrons. The molecule has 0 aromatic carbocycles. The van der Waals surface area contributed by atoms with Gasteiger partial charge in [0.25, 0.3) is 0 Å². The number of carbonyl (C=O) groups is 1. The van der Waals surface area contributed by atoms with Gasteiger partial charge >= 0.3 is 6.03 Å². The first kappa shape index (κ1) is 16.6. The molecule has 0 aromatic rings. The summed E-state index contributed by atoms with van der Waals surface area (Å²) in [6.45, 7) is 5.21. The highest BCUT2D eigenvalue weighted by atomic mass is 16.5. The molecule has 2 aliphatic carbocycles. The molecule has 0 radical (unpaired) electrons. The van der Waals surface area contributed by atoms with E-state index < -0.39 is 5.54 Å². The van der Waals surface area contributed by atoms with Crippen molar-refractivity contribution >= 4 is 6.03 Å². The van der Waals surface area contributed by atoms with Crippen LogP contribution >= 0.6 is 0 Å². The molecule has 0 aromatic heterocycles. The van der Waals surface area contributed by atoms with Crippen LogP contribution in [0.15, 0.2) is 0 Å². The number of aliphatic hydroxyl groups is 1. The Labute approximate surface area is 127 Å². The van der Waals surface area contributed by atoms with Crippen LogP contribution in [0.25, 0.3) is 0 Å². The van der Waals surface area contributed by atoms with Crippen LogP contribution in [-0.4, -0.2) is 42.5 Å². The molecule has 0 spiro atoms. The quantitative estimate of drug-likeness (QED) is 0.630. The van der Waals surface area contributed by atoms with E-state index in [1.807, 2.05) is 6.92 Å². The number of carbonyl (C=O) groups excluding carboxylic acids is 1. The summed E-state index contributed by atoms with van der Waals surface area (Å²) in [5, 5.41) is 15.2. The van der Waals surface area contributed by atoms with Crippen molar-refractivity contribution in [1.29, 1.82) is 0 Å². The van der Waals surface area contributed by atoms with Crippen molar-refractivity contribution in [3.8, 4) is 0 Å². The fourth-order valence-corrected chi connectivity index (χ4v) is 3.20. The largest absolute Gasteiger partial charge is 0.394 e. The molecule has 3 N–H and O–H groups in total. The lowest BCUT2D eigenvalue weighted by Gasteiger charge is -2.30. The minimum Gasteiger partial charge on any atom is -0.394 e. The second-order valence-corrected chi connectivity index (χ2v) is 6.90. The Morgan fingerprint density at radius 3 is 2.62 bits per heavy atom. The number of urea groups is 1. The Bertz CT molecular complexity index is 346. The van der Waals surface area contributed by atoms with Gasteiger partial charge in [-0.1, -0.05) is 19.8 Å². The van der Waals surface area contributed by atoms with Crippen LogP contribution < -0.4 is 10.6 Å². The van der Waals surface area contributed by atoms with Gasteiger partial charge < -0.3 is 20.5 Å². The van der Waals surface area contributed by atoms with Crippen LogP contribution in [0.5, 0.6) is 0 Å². The van der Waals surface area contributed by atoms with Gasteiger partial charge in [-0.15, -0.1) is 0 Å². The average Bonchev–Trinajstić information content (AvgIpc) is 3.30. The molecule has 21 heavy (non-hydrogen) atoms. The zero-order valence-electron chi connectivity index (χ0n) is 13.4. The third kappa shape index (κ3) is 4.85. The molecule has 2 rings (SSSR count). The van der Waals surface area contributed by atoms with Gasteiger partial charge in [0.05, 0.1) is 24.9 Å². The Morgan fingerprint density at radius 2 is 2.00 bits per heavy atom. The number of ether oxygens (including phenoxy) is 1. The molecule has 0 heterocycles. The van der Waals surface area contributed by atoms with Gasteiger partial charge in [0.15, 0.2) is 0 Å². The molecule has 2 aliphatic rings. The molecule has 0 aliphatic heterocycles. The highest BCUT2D eigenvalue weighted by molar-refractivity contribution is 5.74. The lowest BCUT2D eigenvalue weighted by Crippen LogP contribution is -2.54. The molecule has 5 nitrogen and oxygen atoms in total. The van der Waals surface area contributed by atoms with E-state index in [4.69, 9.17) is 4.74 Å². The van der Waals surface area contributed by atoms with E-state index in [9.17, 15) is 9.90 Å². The molecule has 0 unspecified atom stereocenters. The topological polar surface area (TPSA) is 70.6 Å². The van der Waals surface area contributed by atoms with Crippen molar-refractivity contribution in [3.63, 3.8) is 0 Å². The van der Waals surface area contributed by atoms with Crippen molar-refractivity contribution in [3.05, 3.63) is 0 Å².